The number of anilines is 1. The monoisotopic (exact) mass is 229 g/mol. The van der Waals surface area contributed by atoms with Crippen molar-refractivity contribution in [3.63, 3.8) is 0 Å². The second kappa shape index (κ2) is 5.23. The third-order valence-corrected chi connectivity index (χ3v) is 2.43. The maximum absolute atomic E-state index is 8.85. The Balaban J connectivity index is 2.60. The topological polar surface area (TPSA) is 82.8 Å². The third kappa shape index (κ3) is 3.70. The molecule has 0 saturated carbocycles. The number of ether oxygens (including phenoxy) is 1. The molecule has 4 heteroatoms. The molecule has 0 atom stereocenters. The molecule has 0 bridgehead atoms. The van der Waals surface area contributed by atoms with Crippen LogP contribution >= 0.6 is 0 Å². The molecule has 1 aromatic carbocycles. The van der Waals surface area contributed by atoms with Gasteiger partial charge in [-0.2, -0.15) is 10.5 Å². The SMILES string of the molecule is CC(C)(C#N)CCOc1ccc(C#N)cc1N. The van der Waals surface area contributed by atoms with Crippen LogP contribution in [0, 0.1) is 28.1 Å². The van der Waals surface area contributed by atoms with Crippen LogP contribution in [0.5, 0.6) is 5.75 Å². The number of nitriles is 2. The predicted octanol–water partition coefficient (Wildman–Crippen LogP) is 2.46. The van der Waals surface area contributed by atoms with Crippen LogP contribution in [0.2, 0.25) is 0 Å². The number of benzene rings is 1. The van der Waals surface area contributed by atoms with Gasteiger partial charge in [0.1, 0.15) is 5.75 Å². The van der Waals surface area contributed by atoms with Crippen molar-refractivity contribution in [1.82, 2.24) is 0 Å². The van der Waals surface area contributed by atoms with Gasteiger partial charge in [0.2, 0.25) is 0 Å². The van der Waals surface area contributed by atoms with Crippen molar-refractivity contribution in [2.24, 2.45) is 5.41 Å². The molecule has 0 heterocycles. The van der Waals surface area contributed by atoms with Gasteiger partial charge in [0.05, 0.1) is 35.4 Å². The fourth-order valence-corrected chi connectivity index (χ4v) is 1.22. The summed E-state index contributed by atoms with van der Waals surface area (Å²) in [5.74, 6) is 0.553. The fraction of sp³-hybridized carbons (Fsp3) is 0.385. The van der Waals surface area contributed by atoms with E-state index in [0.29, 0.717) is 30.0 Å². The summed E-state index contributed by atoms with van der Waals surface area (Å²) >= 11 is 0. The third-order valence-electron chi connectivity index (χ3n) is 2.43. The average molecular weight is 229 g/mol. The molecule has 0 unspecified atom stereocenters. The molecule has 1 rings (SSSR count). The molecule has 0 aliphatic carbocycles. The normalized spacial score (nSPS) is 10.4. The van der Waals surface area contributed by atoms with Crippen LogP contribution in [0.3, 0.4) is 0 Å². The van der Waals surface area contributed by atoms with E-state index in [1.54, 1.807) is 18.2 Å². The molecule has 0 aliphatic rings. The van der Waals surface area contributed by atoms with Crippen LogP contribution in [0.15, 0.2) is 18.2 Å². The summed E-state index contributed by atoms with van der Waals surface area (Å²) < 4.78 is 5.49. The molecule has 1 aromatic rings. The number of hydrogen-bond acceptors (Lipinski definition) is 4. The maximum atomic E-state index is 8.85. The van der Waals surface area contributed by atoms with Crippen molar-refractivity contribution < 1.29 is 4.74 Å². The first-order chi connectivity index (χ1) is 7.98. The minimum absolute atomic E-state index is 0.401. The van der Waals surface area contributed by atoms with Crippen LogP contribution in [0.1, 0.15) is 25.8 Å². The zero-order valence-corrected chi connectivity index (χ0v) is 10.0. The Labute approximate surface area is 101 Å². The van der Waals surface area contributed by atoms with E-state index in [2.05, 4.69) is 6.07 Å². The summed E-state index contributed by atoms with van der Waals surface area (Å²) in [6.07, 6.45) is 0.628. The molecule has 88 valence electrons. The molecular formula is C13H15N3O. The van der Waals surface area contributed by atoms with Gasteiger partial charge in [0.15, 0.2) is 0 Å². The molecule has 0 aliphatic heterocycles. The van der Waals surface area contributed by atoms with Crippen LogP contribution in [0.25, 0.3) is 0 Å². The lowest BCUT2D eigenvalue weighted by atomic mass is 9.92. The zero-order valence-electron chi connectivity index (χ0n) is 10.0. The lowest BCUT2D eigenvalue weighted by Crippen LogP contribution is -2.13. The largest absolute Gasteiger partial charge is 0.491 e. The Morgan fingerprint density at radius 3 is 2.59 bits per heavy atom. The molecule has 4 nitrogen and oxygen atoms in total. The lowest BCUT2D eigenvalue weighted by molar-refractivity contribution is 0.265. The van der Waals surface area contributed by atoms with E-state index in [1.165, 1.54) is 0 Å². The number of nitrogens with zero attached hydrogens (tertiary/aromatic N) is 2. The lowest BCUT2D eigenvalue weighted by Gasteiger charge is -2.16. The minimum Gasteiger partial charge on any atom is -0.491 e. The van der Waals surface area contributed by atoms with Crippen molar-refractivity contribution in [2.45, 2.75) is 20.3 Å². The highest BCUT2D eigenvalue weighted by molar-refractivity contribution is 5.56. The fourth-order valence-electron chi connectivity index (χ4n) is 1.22. The van der Waals surface area contributed by atoms with Gasteiger partial charge in [0, 0.05) is 0 Å². The van der Waals surface area contributed by atoms with Gasteiger partial charge in [-0.25, -0.2) is 0 Å². The smallest absolute Gasteiger partial charge is 0.142 e. The van der Waals surface area contributed by atoms with E-state index in [9.17, 15) is 0 Å². The van der Waals surface area contributed by atoms with Crippen molar-refractivity contribution in [1.29, 1.82) is 10.5 Å². The summed E-state index contributed by atoms with van der Waals surface area (Å²) in [7, 11) is 0. The number of nitrogen functional groups attached to an aromatic ring is 1. The van der Waals surface area contributed by atoms with E-state index in [1.807, 2.05) is 19.9 Å². The van der Waals surface area contributed by atoms with Crippen molar-refractivity contribution in [3.05, 3.63) is 23.8 Å². The summed E-state index contributed by atoms with van der Waals surface area (Å²) in [6, 6.07) is 9.11. The van der Waals surface area contributed by atoms with Gasteiger partial charge in [-0.15, -0.1) is 0 Å². The molecule has 0 fully saturated rings. The molecule has 2 N–H and O–H groups in total. The molecule has 17 heavy (non-hydrogen) atoms. The van der Waals surface area contributed by atoms with E-state index >= 15 is 0 Å². The quantitative estimate of drug-likeness (QED) is 0.804. The van der Waals surface area contributed by atoms with Gasteiger partial charge in [-0.1, -0.05) is 0 Å². The highest BCUT2D eigenvalue weighted by Crippen LogP contribution is 2.24. The van der Waals surface area contributed by atoms with E-state index < -0.39 is 5.41 Å². The standard InChI is InChI=1S/C13H15N3O/c1-13(2,9-15)5-6-17-12-4-3-10(8-14)7-11(12)16/h3-4,7H,5-6,16H2,1-2H3. The predicted molar refractivity (Wildman–Crippen MR) is 65.1 cm³/mol. The number of hydrogen-bond donors (Lipinski definition) is 1. The summed E-state index contributed by atoms with van der Waals surface area (Å²) in [6.45, 7) is 4.15. The Morgan fingerprint density at radius 1 is 1.35 bits per heavy atom. The Hall–Kier alpha value is -2.20. The van der Waals surface area contributed by atoms with Crippen LogP contribution < -0.4 is 10.5 Å². The van der Waals surface area contributed by atoms with E-state index in [-0.39, 0.29) is 0 Å². The van der Waals surface area contributed by atoms with E-state index in [0.717, 1.165) is 0 Å². The van der Waals surface area contributed by atoms with Gasteiger partial charge in [-0.3, -0.25) is 0 Å². The first kappa shape index (κ1) is 12.9. The Kier molecular flexibility index (Phi) is 3.96. The minimum atomic E-state index is -0.401. The van der Waals surface area contributed by atoms with Crippen molar-refractivity contribution in [2.75, 3.05) is 12.3 Å². The Morgan fingerprint density at radius 2 is 2.06 bits per heavy atom. The van der Waals surface area contributed by atoms with Crippen molar-refractivity contribution in [3.8, 4) is 17.9 Å². The van der Waals surface area contributed by atoms with Crippen LogP contribution in [-0.4, -0.2) is 6.61 Å². The number of rotatable bonds is 4. The number of nitrogens with two attached hydrogens (primary N) is 1. The second-order valence-electron chi connectivity index (χ2n) is 4.46. The molecule has 0 saturated heterocycles. The van der Waals surface area contributed by atoms with Crippen molar-refractivity contribution >= 4 is 5.69 Å². The molecule has 0 amide bonds. The summed E-state index contributed by atoms with van der Waals surface area (Å²) in [5.41, 5.74) is 6.29. The Bertz CT molecular complexity index is 480. The first-order valence-corrected chi connectivity index (χ1v) is 5.32. The zero-order chi connectivity index (χ0) is 12.9. The van der Waals surface area contributed by atoms with Crippen LogP contribution in [-0.2, 0) is 0 Å². The molecule has 0 spiro atoms. The summed E-state index contributed by atoms with van der Waals surface area (Å²) in [4.78, 5) is 0. The molecule has 0 radical (unpaired) electrons. The summed E-state index contributed by atoms with van der Waals surface area (Å²) in [5, 5.41) is 17.5. The van der Waals surface area contributed by atoms with Crippen LogP contribution in [0.4, 0.5) is 5.69 Å². The van der Waals surface area contributed by atoms with Gasteiger partial charge >= 0.3 is 0 Å². The van der Waals surface area contributed by atoms with E-state index in [4.69, 9.17) is 21.0 Å². The van der Waals surface area contributed by atoms with Gasteiger partial charge in [-0.05, 0) is 38.5 Å². The first-order valence-electron chi connectivity index (χ1n) is 5.32. The maximum Gasteiger partial charge on any atom is 0.142 e. The highest BCUT2D eigenvalue weighted by Gasteiger charge is 2.16. The van der Waals surface area contributed by atoms with Gasteiger partial charge < -0.3 is 10.5 Å². The van der Waals surface area contributed by atoms with Gasteiger partial charge in [0.25, 0.3) is 0 Å². The average Bonchev–Trinajstić information content (AvgIpc) is 2.31. The molecule has 0 aromatic heterocycles. The highest BCUT2D eigenvalue weighted by atomic mass is 16.5. The molecular weight excluding hydrogens is 214 g/mol. The second-order valence-corrected chi connectivity index (χ2v) is 4.46.